The molecule has 6 heteroatoms. The van der Waals surface area contributed by atoms with Crippen LogP contribution in [0.15, 0.2) is 77.9 Å². The predicted octanol–water partition coefficient (Wildman–Crippen LogP) is 6.34. The topological polar surface area (TPSA) is 59.9 Å². The average Bonchev–Trinajstić information content (AvgIpc) is 2.85. The molecule has 0 aromatic heterocycles. The van der Waals surface area contributed by atoms with Gasteiger partial charge in [-0.15, -0.1) is 0 Å². The SMILES string of the molecule is COc1cc(/C=N\NC(=O)Cc2ccc(C)cc2C)cc(I)c1OCc1cccc2ccccc12. The zero-order valence-electron chi connectivity index (χ0n) is 20.0. The molecule has 4 aromatic carbocycles. The molecule has 1 amide bonds. The highest BCUT2D eigenvalue weighted by atomic mass is 127. The molecule has 0 heterocycles. The van der Waals surface area contributed by atoms with E-state index < -0.39 is 0 Å². The maximum Gasteiger partial charge on any atom is 0.244 e. The molecule has 5 nitrogen and oxygen atoms in total. The van der Waals surface area contributed by atoms with E-state index >= 15 is 0 Å². The van der Waals surface area contributed by atoms with Crippen molar-refractivity contribution in [2.45, 2.75) is 26.9 Å². The first-order valence-corrected chi connectivity index (χ1v) is 12.4. The number of rotatable bonds is 8. The second-order valence-corrected chi connectivity index (χ2v) is 9.52. The number of methoxy groups -OCH3 is 1. The standard InChI is InChI=1S/C29H27IN2O3/c1-19-11-12-23(20(2)13-19)16-28(33)32-31-17-21-14-26(30)29(27(15-21)34-3)35-18-24-9-6-8-22-7-4-5-10-25(22)24/h4-15,17H,16,18H2,1-3H3,(H,32,33)/b31-17-. The molecule has 1 N–H and O–H groups in total. The molecule has 0 bridgehead atoms. The Bertz CT molecular complexity index is 1390. The lowest BCUT2D eigenvalue weighted by atomic mass is 10.0. The molecule has 0 saturated heterocycles. The van der Waals surface area contributed by atoms with Gasteiger partial charge in [-0.05, 0) is 81.6 Å². The Balaban J connectivity index is 1.43. The number of benzene rings is 4. The van der Waals surface area contributed by atoms with Gasteiger partial charge in [-0.3, -0.25) is 4.79 Å². The van der Waals surface area contributed by atoms with Crippen LogP contribution in [0.4, 0.5) is 0 Å². The zero-order chi connectivity index (χ0) is 24.8. The van der Waals surface area contributed by atoms with Crippen LogP contribution in [0.25, 0.3) is 10.8 Å². The third-order valence-corrected chi connectivity index (χ3v) is 6.56. The number of hydrogen-bond donors (Lipinski definition) is 1. The monoisotopic (exact) mass is 578 g/mol. The summed E-state index contributed by atoms with van der Waals surface area (Å²) in [6.07, 6.45) is 1.89. The maximum absolute atomic E-state index is 12.3. The Morgan fingerprint density at radius 1 is 1.00 bits per heavy atom. The maximum atomic E-state index is 12.3. The first kappa shape index (κ1) is 24.7. The summed E-state index contributed by atoms with van der Waals surface area (Å²) in [4.78, 5) is 12.3. The highest BCUT2D eigenvalue weighted by Gasteiger charge is 2.13. The minimum absolute atomic E-state index is 0.162. The van der Waals surface area contributed by atoms with Crippen LogP contribution >= 0.6 is 22.6 Å². The summed E-state index contributed by atoms with van der Waals surface area (Å²) < 4.78 is 12.7. The van der Waals surface area contributed by atoms with Crippen LogP contribution < -0.4 is 14.9 Å². The molecule has 35 heavy (non-hydrogen) atoms. The highest BCUT2D eigenvalue weighted by molar-refractivity contribution is 14.1. The van der Waals surface area contributed by atoms with Gasteiger partial charge >= 0.3 is 0 Å². The van der Waals surface area contributed by atoms with Gasteiger partial charge in [-0.2, -0.15) is 5.10 Å². The van der Waals surface area contributed by atoms with E-state index in [0.29, 0.717) is 18.1 Å². The smallest absolute Gasteiger partial charge is 0.244 e. The van der Waals surface area contributed by atoms with E-state index in [2.05, 4.69) is 63.4 Å². The normalized spacial score (nSPS) is 11.1. The summed E-state index contributed by atoms with van der Waals surface area (Å²) in [5, 5.41) is 6.49. The number of fused-ring (bicyclic) bond motifs is 1. The highest BCUT2D eigenvalue weighted by Crippen LogP contribution is 2.34. The average molecular weight is 578 g/mol. The van der Waals surface area contributed by atoms with Gasteiger partial charge in [0.1, 0.15) is 6.61 Å². The largest absolute Gasteiger partial charge is 0.493 e. The van der Waals surface area contributed by atoms with Crippen molar-refractivity contribution in [3.63, 3.8) is 0 Å². The van der Waals surface area contributed by atoms with Crippen molar-refractivity contribution in [3.8, 4) is 11.5 Å². The second-order valence-electron chi connectivity index (χ2n) is 8.36. The van der Waals surface area contributed by atoms with Crippen LogP contribution in [0.5, 0.6) is 11.5 Å². The Morgan fingerprint density at radius 3 is 2.60 bits per heavy atom. The fraction of sp³-hybridized carbons (Fsp3) is 0.172. The lowest BCUT2D eigenvalue weighted by Gasteiger charge is -2.14. The predicted molar refractivity (Wildman–Crippen MR) is 149 cm³/mol. The molecular weight excluding hydrogens is 551 g/mol. The van der Waals surface area contributed by atoms with Gasteiger partial charge < -0.3 is 9.47 Å². The molecule has 0 spiro atoms. The van der Waals surface area contributed by atoms with Crippen LogP contribution in [0, 0.1) is 17.4 Å². The van der Waals surface area contributed by atoms with Crippen LogP contribution in [0.2, 0.25) is 0 Å². The molecule has 0 fully saturated rings. The summed E-state index contributed by atoms with van der Waals surface area (Å²) in [7, 11) is 1.61. The van der Waals surface area contributed by atoms with Gasteiger partial charge in [0.05, 0.1) is 23.3 Å². The summed E-state index contributed by atoms with van der Waals surface area (Å²) in [6, 6.07) is 24.3. The Kier molecular flexibility index (Phi) is 8.02. The molecule has 4 aromatic rings. The second kappa shape index (κ2) is 11.4. The van der Waals surface area contributed by atoms with Gasteiger partial charge in [0.25, 0.3) is 0 Å². The molecule has 178 valence electrons. The number of ether oxygens (including phenoxy) is 2. The summed E-state index contributed by atoms with van der Waals surface area (Å²) in [5.41, 5.74) is 7.79. The minimum atomic E-state index is -0.162. The number of carbonyl (C=O) groups is 1. The molecule has 4 rings (SSSR count). The zero-order valence-corrected chi connectivity index (χ0v) is 22.1. The molecule has 0 aliphatic carbocycles. The molecular formula is C29H27IN2O3. The lowest BCUT2D eigenvalue weighted by molar-refractivity contribution is -0.120. The van der Waals surface area contributed by atoms with Crippen LogP contribution in [0.3, 0.4) is 0 Å². The van der Waals surface area contributed by atoms with E-state index in [1.807, 2.05) is 56.3 Å². The summed E-state index contributed by atoms with van der Waals surface area (Å²) in [5.74, 6) is 1.13. The quantitative estimate of drug-likeness (QED) is 0.151. The van der Waals surface area contributed by atoms with E-state index in [-0.39, 0.29) is 12.3 Å². The number of nitrogens with zero attached hydrogens (tertiary/aromatic N) is 1. The van der Waals surface area contributed by atoms with E-state index in [0.717, 1.165) is 25.8 Å². The number of carbonyl (C=O) groups excluding carboxylic acids is 1. The van der Waals surface area contributed by atoms with Crippen LogP contribution in [-0.2, 0) is 17.8 Å². The van der Waals surface area contributed by atoms with E-state index in [4.69, 9.17) is 9.47 Å². The van der Waals surface area contributed by atoms with Crippen molar-refractivity contribution < 1.29 is 14.3 Å². The van der Waals surface area contributed by atoms with E-state index in [1.165, 1.54) is 16.3 Å². The number of hydrazone groups is 1. The van der Waals surface area contributed by atoms with Crippen molar-refractivity contribution in [2.24, 2.45) is 5.10 Å². The first-order chi connectivity index (χ1) is 16.9. The number of halogens is 1. The molecule has 0 aliphatic heterocycles. The van der Waals surface area contributed by atoms with E-state index in [9.17, 15) is 4.79 Å². The van der Waals surface area contributed by atoms with Gasteiger partial charge in [0, 0.05) is 0 Å². The number of nitrogens with one attached hydrogen (secondary N) is 1. The van der Waals surface area contributed by atoms with Gasteiger partial charge in [0.2, 0.25) is 5.91 Å². The first-order valence-electron chi connectivity index (χ1n) is 11.3. The summed E-state index contributed by atoms with van der Waals surface area (Å²) >= 11 is 2.23. The molecule has 0 radical (unpaired) electrons. The van der Waals surface area contributed by atoms with Crippen LogP contribution in [-0.4, -0.2) is 19.2 Å². The fourth-order valence-electron chi connectivity index (χ4n) is 3.96. The molecule has 0 atom stereocenters. The molecule has 0 unspecified atom stereocenters. The minimum Gasteiger partial charge on any atom is -0.493 e. The molecule has 0 saturated carbocycles. The Morgan fingerprint density at radius 2 is 1.80 bits per heavy atom. The number of hydrogen-bond acceptors (Lipinski definition) is 4. The van der Waals surface area contributed by atoms with Gasteiger partial charge in [-0.25, -0.2) is 5.43 Å². The third-order valence-electron chi connectivity index (χ3n) is 5.76. The lowest BCUT2D eigenvalue weighted by Crippen LogP contribution is -2.20. The van der Waals surface area contributed by atoms with Gasteiger partial charge in [0.15, 0.2) is 11.5 Å². The third kappa shape index (κ3) is 6.19. The van der Waals surface area contributed by atoms with Crippen molar-refractivity contribution >= 4 is 45.5 Å². The van der Waals surface area contributed by atoms with Crippen LogP contribution in [0.1, 0.15) is 27.8 Å². The van der Waals surface area contributed by atoms with E-state index in [1.54, 1.807) is 13.3 Å². The summed E-state index contributed by atoms with van der Waals surface area (Å²) in [6.45, 7) is 4.48. The Hall–Kier alpha value is -3.39. The fourth-order valence-corrected chi connectivity index (χ4v) is 4.74. The van der Waals surface area contributed by atoms with Crippen molar-refractivity contribution in [3.05, 3.63) is 104 Å². The number of aryl methyl sites for hydroxylation is 2. The van der Waals surface area contributed by atoms with Gasteiger partial charge in [-0.1, -0.05) is 66.2 Å². The van der Waals surface area contributed by atoms with Crippen molar-refractivity contribution in [1.82, 2.24) is 5.43 Å². The number of amides is 1. The molecule has 0 aliphatic rings. The Labute approximate surface area is 219 Å². The van der Waals surface area contributed by atoms with Crippen molar-refractivity contribution in [2.75, 3.05) is 7.11 Å². The van der Waals surface area contributed by atoms with Crippen molar-refractivity contribution in [1.29, 1.82) is 0 Å².